The van der Waals surface area contributed by atoms with Crippen molar-refractivity contribution in [2.24, 2.45) is 0 Å². The summed E-state index contributed by atoms with van der Waals surface area (Å²) in [5, 5.41) is 14.2. The van der Waals surface area contributed by atoms with Gasteiger partial charge in [0.25, 0.3) is 5.69 Å². The van der Waals surface area contributed by atoms with Gasteiger partial charge >= 0.3 is 0 Å². The number of Topliss-reactive ketones (excluding diaryl/α,β-unsaturated/α-hetero) is 1. The summed E-state index contributed by atoms with van der Waals surface area (Å²) in [7, 11) is 1.74. The number of anilines is 1. The Bertz CT molecular complexity index is 600. The molecule has 1 unspecified atom stereocenters. The number of hydrogen-bond donors (Lipinski definition) is 1. The zero-order valence-electron chi connectivity index (χ0n) is 12.0. The molecule has 0 aromatic heterocycles. The Hall–Kier alpha value is -2.44. The number of amides is 1. The van der Waals surface area contributed by atoms with Crippen molar-refractivity contribution < 1.29 is 14.5 Å². The van der Waals surface area contributed by atoms with Crippen LogP contribution in [0, 0.1) is 10.1 Å². The van der Waals surface area contributed by atoms with E-state index in [1.165, 1.54) is 19.1 Å². The largest absolute Gasteiger partial charge is 0.376 e. The molecule has 0 spiro atoms. The van der Waals surface area contributed by atoms with Gasteiger partial charge in [0.15, 0.2) is 5.78 Å². The van der Waals surface area contributed by atoms with E-state index in [0.717, 1.165) is 6.42 Å². The highest BCUT2D eigenvalue weighted by Crippen LogP contribution is 2.28. The topological polar surface area (TPSA) is 92.6 Å². The maximum absolute atomic E-state index is 11.7. The van der Waals surface area contributed by atoms with Gasteiger partial charge in [0.1, 0.15) is 5.69 Å². The van der Waals surface area contributed by atoms with Crippen LogP contribution in [0.1, 0.15) is 30.1 Å². The maximum Gasteiger partial charge on any atom is 0.293 e. The first kappa shape index (κ1) is 15.0. The number of carbonyl (C=O) groups excluding carboxylic acids is 2. The predicted molar refractivity (Wildman–Crippen MR) is 77.4 cm³/mol. The Kier molecular flexibility index (Phi) is 4.21. The quantitative estimate of drug-likeness (QED) is 0.519. The molecular formula is C14H17N3O4. The number of benzene rings is 1. The molecule has 1 fully saturated rings. The van der Waals surface area contributed by atoms with Crippen molar-refractivity contribution in [1.82, 2.24) is 4.90 Å². The SMILES string of the molecule is CC(=O)c1ccc(NC2CCN(C)C(=O)C2)c([N+](=O)[O-])c1. The summed E-state index contributed by atoms with van der Waals surface area (Å²) in [5.41, 5.74) is 0.494. The molecule has 0 radical (unpaired) electrons. The molecule has 1 aliphatic heterocycles. The number of nitrogens with one attached hydrogen (secondary N) is 1. The van der Waals surface area contributed by atoms with Crippen molar-refractivity contribution in [2.45, 2.75) is 25.8 Å². The summed E-state index contributed by atoms with van der Waals surface area (Å²) in [6, 6.07) is 4.21. The van der Waals surface area contributed by atoms with Crippen molar-refractivity contribution in [3.8, 4) is 0 Å². The predicted octanol–water partition coefficient (Wildman–Crippen LogP) is 1.83. The molecule has 1 saturated heterocycles. The highest BCUT2D eigenvalue weighted by Gasteiger charge is 2.25. The molecule has 7 nitrogen and oxygen atoms in total. The molecule has 1 aliphatic rings. The van der Waals surface area contributed by atoms with Gasteiger partial charge in [-0.2, -0.15) is 0 Å². The van der Waals surface area contributed by atoms with Gasteiger partial charge in [-0.1, -0.05) is 0 Å². The number of piperidine rings is 1. The van der Waals surface area contributed by atoms with E-state index in [1.807, 2.05) is 0 Å². The lowest BCUT2D eigenvalue weighted by Gasteiger charge is -2.29. The Morgan fingerprint density at radius 1 is 1.48 bits per heavy atom. The maximum atomic E-state index is 11.7. The van der Waals surface area contributed by atoms with E-state index in [2.05, 4.69) is 5.32 Å². The van der Waals surface area contributed by atoms with Crippen LogP contribution in [-0.4, -0.2) is 41.1 Å². The van der Waals surface area contributed by atoms with Gasteiger partial charge in [-0.05, 0) is 25.5 Å². The van der Waals surface area contributed by atoms with Crippen molar-refractivity contribution in [2.75, 3.05) is 18.9 Å². The minimum atomic E-state index is -0.522. The second-order valence-corrected chi connectivity index (χ2v) is 5.19. The van der Waals surface area contributed by atoms with Crippen LogP contribution < -0.4 is 5.32 Å². The first-order valence-corrected chi connectivity index (χ1v) is 6.68. The summed E-state index contributed by atoms with van der Waals surface area (Å²) >= 11 is 0. The first-order chi connectivity index (χ1) is 9.88. The van der Waals surface area contributed by atoms with Crippen molar-refractivity contribution >= 4 is 23.1 Å². The number of hydrogen-bond acceptors (Lipinski definition) is 5. The van der Waals surface area contributed by atoms with Crippen LogP contribution in [0.5, 0.6) is 0 Å². The molecule has 1 aromatic carbocycles. The van der Waals surface area contributed by atoms with Crippen LogP contribution in [-0.2, 0) is 4.79 Å². The normalized spacial score (nSPS) is 18.5. The van der Waals surface area contributed by atoms with Gasteiger partial charge in [-0.3, -0.25) is 19.7 Å². The molecule has 21 heavy (non-hydrogen) atoms. The Balaban J connectivity index is 2.21. The van der Waals surface area contributed by atoms with Crippen LogP contribution >= 0.6 is 0 Å². The second kappa shape index (κ2) is 5.90. The van der Waals surface area contributed by atoms with Gasteiger partial charge in [0, 0.05) is 37.7 Å². The summed E-state index contributed by atoms with van der Waals surface area (Å²) in [6.45, 7) is 1.98. The average Bonchev–Trinajstić information content (AvgIpc) is 2.43. The first-order valence-electron chi connectivity index (χ1n) is 6.68. The lowest BCUT2D eigenvalue weighted by atomic mass is 10.0. The number of ketones is 1. The van der Waals surface area contributed by atoms with Crippen molar-refractivity contribution in [1.29, 1.82) is 0 Å². The van der Waals surface area contributed by atoms with E-state index in [4.69, 9.17) is 0 Å². The van der Waals surface area contributed by atoms with Crippen LogP contribution in [0.4, 0.5) is 11.4 Å². The molecule has 0 saturated carbocycles. The average molecular weight is 291 g/mol. The van der Waals surface area contributed by atoms with Crippen molar-refractivity contribution in [3.05, 3.63) is 33.9 Å². The number of carbonyl (C=O) groups is 2. The third-order valence-corrected chi connectivity index (χ3v) is 3.62. The molecule has 0 aliphatic carbocycles. The molecule has 1 aromatic rings. The third kappa shape index (κ3) is 3.36. The molecule has 7 heteroatoms. The zero-order valence-corrected chi connectivity index (χ0v) is 12.0. The molecule has 0 bridgehead atoms. The lowest BCUT2D eigenvalue weighted by molar-refractivity contribution is -0.384. The molecule has 1 amide bonds. The number of nitro benzene ring substituents is 1. The highest BCUT2D eigenvalue weighted by atomic mass is 16.6. The Morgan fingerprint density at radius 2 is 2.19 bits per heavy atom. The monoisotopic (exact) mass is 291 g/mol. The van der Waals surface area contributed by atoms with Gasteiger partial charge in [0.05, 0.1) is 4.92 Å². The van der Waals surface area contributed by atoms with E-state index >= 15 is 0 Å². The summed E-state index contributed by atoms with van der Waals surface area (Å²) in [6.07, 6.45) is 1.04. The molecule has 2 rings (SSSR count). The number of rotatable bonds is 4. The van der Waals surface area contributed by atoms with Gasteiger partial charge in [-0.15, -0.1) is 0 Å². The van der Waals surface area contributed by atoms with Gasteiger partial charge in [0.2, 0.25) is 5.91 Å². The third-order valence-electron chi connectivity index (χ3n) is 3.62. The molecular weight excluding hydrogens is 274 g/mol. The summed E-state index contributed by atoms with van der Waals surface area (Å²) in [5.74, 6) is -0.208. The fourth-order valence-electron chi connectivity index (χ4n) is 2.31. The van der Waals surface area contributed by atoms with Crippen LogP contribution in [0.3, 0.4) is 0 Å². The van der Waals surface area contributed by atoms with E-state index in [-0.39, 0.29) is 23.4 Å². The van der Waals surface area contributed by atoms with Crippen LogP contribution in [0.15, 0.2) is 18.2 Å². The molecule has 1 N–H and O–H groups in total. The van der Waals surface area contributed by atoms with Crippen molar-refractivity contribution in [3.63, 3.8) is 0 Å². The highest BCUT2D eigenvalue weighted by molar-refractivity contribution is 5.95. The van der Waals surface area contributed by atoms with Crippen LogP contribution in [0.25, 0.3) is 0 Å². The zero-order chi connectivity index (χ0) is 15.6. The second-order valence-electron chi connectivity index (χ2n) is 5.19. The number of nitrogens with zero attached hydrogens (tertiary/aromatic N) is 2. The van der Waals surface area contributed by atoms with E-state index in [1.54, 1.807) is 18.0 Å². The minimum Gasteiger partial charge on any atom is -0.376 e. The molecule has 1 heterocycles. The standard InChI is InChI=1S/C14H17N3O4/c1-9(18)10-3-4-12(13(7-10)17(20)21)15-11-5-6-16(2)14(19)8-11/h3-4,7,11,15H,5-6,8H2,1-2H3. The lowest BCUT2D eigenvalue weighted by Crippen LogP contribution is -2.41. The van der Waals surface area contributed by atoms with E-state index < -0.39 is 4.92 Å². The molecule has 112 valence electrons. The Labute approximate surface area is 122 Å². The van der Waals surface area contributed by atoms with Gasteiger partial charge < -0.3 is 10.2 Å². The fourth-order valence-corrected chi connectivity index (χ4v) is 2.31. The fraction of sp³-hybridized carbons (Fsp3) is 0.429. The van der Waals surface area contributed by atoms with E-state index in [0.29, 0.717) is 24.2 Å². The number of nitro groups is 1. The molecule has 1 atom stereocenters. The smallest absolute Gasteiger partial charge is 0.293 e. The summed E-state index contributed by atoms with van der Waals surface area (Å²) < 4.78 is 0. The minimum absolute atomic E-state index is 0.0155. The Morgan fingerprint density at radius 3 is 2.76 bits per heavy atom. The summed E-state index contributed by atoms with van der Waals surface area (Å²) in [4.78, 5) is 35.2. The van der Waals surface area contributed by atoms with E-state index in [9.17, 15) is 19.7 Å². The van der Waals surface area contributed by atoms with Crippen LogP contribution in [0.2, 0.25) is 0 Å². The van der Waals surface area contributed by atoms with Gasteiger partial charge in [-0.25, -0.2) is 0 Å². The number of likely N-dealkylation sites (tertiary alicyclic amines) is 1.